The van der Waals surface area contributed by atoms with E-state index >= 15 is 0 Å². The third kappa shape index (κ3) is 2.74. The van der Waals surface area contributed by atoms with E-state index in [1.165, 1.54) is 24.0 Å². The highest BCUT2D eigenvalue weighted by atomic mass is 16.5. The molecule has 1 unspecified atom stereocenters. The third-order valence-corrected chi connectivity index (χ3v) is 4.87. The molecular formula is C19H22N2O2. The summed E-state index contributed by atoms with van der Waals surface area (Å²) in [4.78, 5) is 4.41. The van der Waals surface area contributed by atoms with E-state index in [-0.39, 0.29) is 0 Å². The lowest BCUT2D eigenvalue weighted by Crippen LogP contribution is -2.12. The molecule has 120 valence electrons. The van der Waals surface area contributed by atoms with Crippen LogP contribution in [0.5, 0.6) is 11.5 Å². The number of hydrogen-bond acceptors (Lipinski definition) is 4. The van der Waals surface area contributed by atoms with Crippen molar-refractivity contribution in [1.29, 1.82) is 0 Å². The fraction of sp³-hybridized carbons (Fsp3) is 0.421. The molecule has 0 amide bonds. The molecule has 4 nitrogen and oxygen atoms in total. The van der Waals surface area contributed by atoms with Gasteiger partial charge in [-0.2, -0.15) is 0 Å². The largest absolute Gasteiger partial charge is 0.493 e. The summed E-state index contributed by atoms with van der Waals surface area (Å²) in [6.07, 6.45) is 6.97. The average molecular weight is 310 g/mol. The highest BCUT2D eigenvalue weighted by Crippen LogP contribution is 2.39. The summed E-state index contributed by atoms with van der Waals surface area (Å²) in [6.45, 7) is 0.877. The number of rotatable bonds is 4. The number of methoxy groups -OCH3 is 1. The lowest BCUT2D eigenvalue weighted by Gasteiger charge is -2.18. The second-order valence-electron chi connectivity index (χ2n) is 6.31. The van der Waals surface area contributed by atoms with Crippen molar-refractivity contribution >= 4 is 5.82 Å². The van der Waals surface area contributed by atoms with E-state index in [1.54, 1.807) is 7.11 Å². The van der Waals surface area contributed by atoms with Gasteiger partial charge in [-0.1, -0.05) is 12.1 Å². The van der Waals surface area contributed by atoms with E-state index in [9.17, 15) is 0 Å². The van der Waals surface area contributed by atoms with Crippen LogP contribution in [0, 0.1) is 0 Å². The molecule has 1 aromatic heterocycles. The first-order valence-corrected chi connectivity index (χ1v) is 8.38. The van der Waals surface area contributed by atoms with Crippen LogP contribution in [-0.4, -0.2) is 24.7 Å². The number of hydrogen-bond donors (Lipinski definition) is 1. The molecule has 1 N–H and O–H groups in total. The van der Waals surface area contributed by atoms with Gasteiger partial charge in [0.15, 0.2) is 11.5 Å². The van der Waals surface area contributed by atoms with Gasteiger partial charge in [0.25, 0.3) is 0 Å². The van der Waals surface area contributed by atoms with Crippen LogP contribution >= 0.6 is 0 Å². The molecule has 1 aliphatic carbocycles. The number of anilines is 1. The molecule has 2 heterocycles. The van der Waals surface area contributed by atoms with Gasteiger partial charge < -0.3 is 14.8 Å². The number of ether oxygens (including phenoxy) is 2. The van der Waals surface area contributed by atoms with Crippen molar-refractivity contribution in [1.82, 2.24) is 4.98 Å². The van der Waals surface area contributed by atoms with Gasteiger partial charge in [0.05, 0.1) is 13.2 Å². The molecule has 1 atom stereocenters. The fourth-order valence-corrected chi connectivity index (χ4v) is 3.64. The first kappa shape index (κ1) is 14.4. The predicted molar refractivity (Wildman–Crippen MR) is 90.4 cm³/mol. The minimum absolute atomic E-state index is 0.315. The van der Waals surface area contributed by atoms with Gasteiger partial charge in [0.1, 0.15) is 5.82 Å². The Hall–Kier alpha value is -2.23. The number of benzene rings is 1. The van der Waals surface area contributed by atoms with Gasteiger partial charge in [-0.25, -0.2) is 4.98 Å². The molecule has 0 bridgehead atoms. The van der Waals surface area contributed by atoms with Crippen molar-refractivity contribution in [2.45, 2.75) is 37.7 Å². The second kappa shape index (κ2) is 6.11. The number of nitrogens with zero attached hydrogens (tertiary/aromatic N) is 1. The minimum atomic E-state index is 0.315. The smallest absolute Gasteiger partial charge is 0.161 e. The van der Waals surface area contributed by atoms with Crippen molar-refractivity contribution in [3.8, 4) is 11.5 Å². The Balaban J connectivity index is 1.64. The Morgan fingerprint density at radius 1 is 1.13 bits per heavy atom. The Kier molecular flexibility index (Phi) is 3.82. The molecule has 0 spiro atoms. The zero-order valence-electron chi connectivity index (χ0n) is 13.4. The summed E-state index contributed by atoms with van der Waals surface area (Å²) in [5, 5.41) is 3.39. The van der Waals surface area contributed by atoms with Crippen LogP contribution in [0.2, 0.25) is 0 Å². The van der Waals surface area contributed by atoms with Crippen LogP contribution in [0.1, 0.15) is 42.7 Å². The molecule has 2 aliphatic rings. The summed E-state index contributed by atoms with van der Waals surface area (Å²) in [5.74, 6) is 2.99. The summed E-state index contributed by atoms with van der Waals surface area (Å²) >= 11 is 0. The maximum atomic E-state index is 6.22. The van der Waals surface area contributed by atoms with Crippen LogP contribution in [-0.2, 0) is 0 Å². The normalized spacial score (nSPS) is 20.1. The quantitative estimate of drug-likeness (QED) is 0.928. The molecule has 0 radical (unpaired) electrons. The third-order valence-electron chi connectivity index (χ3n) is 4.87. The Morgan fingerprint density at radius 2 is 2.00 bits per heavy atom. The Morgan fingerprint density at radius 3 is 2.83 bits per heavy atom. The number of fused-ring (bicyclic) bond motifs is 1. The molecule has 4 heteroatoms. The molecular weight excluding hydrogens is 288 g/mol. The van der Waals surface area contributed by atoms with E-state index in [2.05, 4.69) is 28.5 Å². The van der Waals surface area contributed by atoms with Crippen LogP contribution in [0.3, 0.4) is 0 Å². The highest BCUT2D eigenvalue weighted by Gasteiger charge is 2.26. The zero-order valence-corrected chi connectivity index (χ0v) is 13.4. The van der Waals surface area contributed by atoms with Crippen molar-refractivity contribution in [2.75, 3.05) is 19.0 Å². The van der Waals surface area contributed by atoms with E-state index in [0.717, 1.165) is 36.7 Å². The average Bonchev–Trinajstić information content (AvgIpc) is 3.24. The number of nitrogens with one attached hydrogen (secondary N) is 1. The number of aromatic nitrogens is 1. The summed E-state index contributed by atoms with van der Waals surface area (Å²) < 4.78 is 11.7. The van der Waals surface area contributed by atoms with Gasteiger partial charge >= 0.3 is 0 Å². The predicted octanol–water partition coefficient (Wildman–Crippen LogP) is 3.97. The Labute approximate surface area is 136 Å². The van der Waals surface area contributed by atoms with Gasteiger partial charge in [0, 0.05) is 24.2 Å². The molecule has 4 rings (SSSR count). The van der Waals surface area contributed by atoms with Crippen LogP contribution in [0.25, 0.3) is 0 Å². The number of pyridine rings is 1. The Bertz CT molecular complexity index is 696. The highest BCUT2D eigenvalue weighted by molar-refractivity contribution is 5.57. The van der Waals surface area contributed by atoms with E-state index in [4.69, 9.17) is 9.47 Å². The molecule has 1 aliphatic heterocycles. The monoisotopic (exact) mass is 310 g/mol. The SMILES string of the molecule is COc1ccc(C2CNc3ncccc32)cc1OC1CCCC1. The topological polar surface area (TPSA) is 43.4 Å². The molecule has 1 aromatic carbocycles. The zero-order chi connectivity index (χ0) is 15.6. The molecule has 2 aromatic rings. The van der Waals surface area contributed by atoms with Crippen molar-refractivity contribution in [3.05, 3.63) is 47.7 Å². The summed E-state index contributed by atoms with van der Waals surface area (Å²) in [7, 11) is 1.70. The first-order chi connectivity index (χ1) is 11.3. The van der Waals surface area contributed by atoms with Crippen LogP contribution in [0.4, 0.5) is 5.82 Å². The van der Waals surface area contributed by atoms with Crippen molar-refractivity contribution in [2.24, 2.45) is 0 Å². The molecule has 23 heavy (non-hydrogen) atoms. The summed E-state index contributed by atoms with van der Waals surface area (Å²) in [6, 6.07) is 10.4. The van der Waals surface area contributed by atoms with Gasteiger partial charge in [-0.15, -0.1) is 0 Å². The van der Waals surface area contributed by atoms with E-state index in [1.807, 2.05) is 18.3 Å². The summed E-state index contributed by atoms with van der Waals surface area (Å²) in [5.41, 5.74) is 2.50. The van der Waals surface area contributed by atoms with Crippen LogP contribution in [0.15, 0.2) is 36.5 Å². The lowest BCUT2D eigenvalue weighted by molar-refractivity contribution is 0.200. The van der Waals surface area contributed by atoms with Gasteiger partial charge in [-0.3, -0.25) is 0 Å². The van der Waals surface area contributed by atoms with Crippen LogP contribution < -0.4 is 14.8 Å². The maximum Gasteiger partial charge on any atom is 0.161 e. The molecule has 0 saturated heterocycles. The van der Waals surface area contributed by atoms with Gasteiger partial charge in [0.2, 0.25) is 0 Å². The fourth-order valence-electron chi connectivity index (χ4n) is 3.64. The standard InChI is InChI=1S/C19H22N2O2/c1-22-17-9-8-13(11-18(17)23-14-5-2-3-6-14)16-12-21-19-15(16)7-4-10-20-19/h4,7-11,14,16H,2-3,5-6,12H2,1H3,(H,20,21). The van der Waals surface area contributed by atoms with Gasteiger partial charge in [-0.05, 0) is 49.4 Å². The maximum absolute atomic E-state index is 6.22. The van der Waals surface area contributed by atoms with E-state index < -0.39 is 0 Å². The molecule has 1 saturated carbocycles. The van der Waals surface area contributed by atoms with E-state index in [0.29, 0.717) is 12.0 Å². The minimum Gasteiger partial charge on any atom is -0.493 e. The lowest BCUT2D eigenvalue weighted by atomic mass is 9.94. The second-order valence-corrected chi connectivity index (χ2v) is 6.31. The van der Waals surface area contributed by atoms with Crippen molar-refractivity contribution in [3.63, 3.8) is 0 Å². The first-order valence-electron chi connectivity index (χ1n) is 8.38. The molecule has 1 fully saturated rings. The van der Waals surface area contributed by atoms with Crippen molar-refractivity contribution < 1.29 is 9.47 Å².